The molecule has 1 aliphatic carbocycles. The van der Waals surface area contributed by atoms with E-state index >= 15 is 0 Å². The van der Waals surface area contributed by atoms with Crippen LogP contribution in [-0.2, 0) is 5.41 Å². The van der Waals surface area contributed by atoms with Gasteiger partial charge in [0.15, 0.2) is 0 Å². The molecule has 0 bridgehead atoms. The molecule has 0 radical (unpaired) electrons. The molecule has 1 nitrogen and oxygen atoms in total. The Balaban J connectivity index is 1.16. The van der Waals surface area contributed by atoms with Gasteiger partial charge < -0.3 is 0 Å². The number of nitrogens with zero attached hydrogens (tertiary/aromatic N) is 1. The van der Waals surface area contributed by atoms with Crippen molar-refractivity contribution in [2.75, 3.05) is 0 Å². The molecule has 0 fully saturated rings. The number of aliphatic imine (C=N–C) groups is 1. The molecule has 0 saturated carbocycles. The van der Waals surface area contributed by atoms with Crippen LogP contribution in [-0.4, -0.2) is 5.71 Å². The van der Waals surface area contributed by atoms with E-state index < -0.39 is 0 Å². The Morgan fingerprint density at radius 3 is 1.92 bits per heavy atom. The molecule has 48 heavy (non-hydrogen) atoms. The summed E-state index contributed by atoms with van der Waals surface area (Å²) in [5.41, 5.74) is 18.6. The van der Waals surface area contributed by atoms with Crippen LogP contribution in [0.5, 0.6) is 0 Å². The Morgan fingerprint density at radius 2 is 1.15 bits per heavy atom. The third kappa shape index (κ3) is 5.07. The lowest BCUT2D eigenvalue weighted by molar-refractivity contribution is 0.662. The maximum absolute atomic E-state index is 5.38. The minimum atomic E-state index is -0.0956. The zero-order chi connectivity index (χ0) is 32.8. The summed E-state index contributed by atoms with van der Waals surface area (Å²) in [6.07, 6.45) is 0.769. The standard InChI is InChI=1S/C47H39N/c1-31-29-42(32(2)46(36-17-9-6-10-18-36)48-45(31)35-15-7-5-8-16-35)38-20-13-19-37(30-38)33-25-27-34(28-26-33)39-22-14-23-41-40-21-11-12-24-43(40)47(3,4)44(39)41/h5-28,30,45H,1,29H2,2-4H3. The number of benzene rings is 6. The van der Waals surface area contributed by atoms with Gasteiger partial charge >= 0.3 is 0 Å². The van der Waals surface area contributed by atoms with Gasteiger partial charge in [-0.05, 0) is 97.3 Å². The monoisotopic (exact) mass is 617 g/mol. The van der Waals surface area contributed by atoms with Gasteiger partial charge in [-0.1, -0.05) is 166 Å². The van der Waals surface area contributed by atoms with Crippen molar-refractivity contribution in [3.63, 3.8) is 0 Å². The van der Waals surface area contributed by atoms with Crippen LogP contribution in [0.3, 0.4) is 0 Å². The molecule has 1 atom stereocenters. The minimum absolute atomic E-state index is 0.0503. The first-order valence-electron chi connectivity index (χ1n) is 16.9. The molecule has 6 aromatic rings. The van der Waals surface area contributed by atoms with Crippen molar-refractivity contribution >= 4 is 11.3 Å². The fourth-order valence-electron chi connectivity index (χ4n) is 7.88. The van der Waals surface area contributed by atoms with Gasteiger partial charge in [-0.3, -0.25) is 4.99 Å². The molecule has 8 rings (SSSR count). The number of hydrogen-bond acceptors (Lipinski definition) is 1. The van der Waals surface area contributed by atoms with Crippen molar-refractivity contribution in [2.45, 2.75) is 38.6 Å². The van der Waals surface area contributed by atoms with E-state index in [1.807, 2.05) is 0 Å². The second-order valence-corrected chi connectivity index (χ2v) is 13.7. The van der Waals surface area contributed by atoms with E-state index in [9.17, 15) is 0 Å². The van der Waals surface area contributed by atoms with Gasteiger partial charge in [-0.15, -0.1) is 0 Å². The Kier molecular flexibility index (Phi) is 7.41. The van der Waals surface area contributed by atoms with Gasteiger partial charge in [0, 0.05) is 5.41 Å². The average molecular weight is 618 g/mol. The number of rotatable bonds is 5. The van der Waals surface area contributed by atoms with Crippen molar-refractivity contribution in [3.05, 3.63) is 197 Å². The summed E-state index contributed by atoms with van der Waals surface area (Å²) in [6, 6.07) is 54.8. The quantitative estimate of drug-likeness (QED) is 0.171. The summed E-state index contributed by atoms with van der Waals surface area (Å²) in [6.45, 7) is 11.5. The summed E-state index contributed by atoms with van der Waals surface area (Å²) in [7, 11) is 0. The second-order valence-electron chi connectivity index (χ2n) is 13.7. The molecule has 6 aromatic carbocycles. The van der Waals surface area contributed by atoms with Crippen LogP contribution in [0, 0.1) is 0 Å². The Morgan fingerprint density at radius 1 is 0.562 bits per heavy atom. The lowest BCUT2D eigenvalue weighted by Crippen LogP contribution is -2.16. The Hall–Kier alpha value is -5.53. The largest absolute Gasteiger partial charge is 0.272 e. The van der Waals surface area contributed by atoms with Gasteiger partial charge in [-0.2, -0.15) is 0 Å². The predicted octanol–water partition coefficient (Wildman–Crippen LogP) is 12.3. The molecule has 1 heteroatoms. The van der Waals surface area contributed by atoms with Crippen LogP contribution in [0.4, 0.5) is 0 Å². The minimum Gasteiger partial charge on any atom is -0.272 e. The third-order valence-corrected chi connectivity index (χ3v) is 10.3. The topological polar surface area (TPSA) is 12.4 Å². The summed E-state index contributed by atoms with van der Waals surface area (Å²) >= 11 is 0. The van der Waals surface area contributed by atoms with Crippen LogP contribution in [0.15, 0.2) is 174 Å². The van der Waals surface area contributed by atoms with E-state index in [4.69, 9.17) is 4.99 Å². The summed E-state index contributed by atoms with van der Waals surface area (Å²) in [4.78, 5) is 5.38. The normalized spacial score (nSPS) is 16.6. The van der Waals surface area contributed by atoms with Crippen LogP contribution in [0.1, 0.15) is 61.1 Å². The van der Waals surface area contributed by atoms with Gasteiger partial charge in [0.05, 0.1) is 11.8 Å². The maximum Gasteiger partial charge on any atom is 0.0967 e. The maximum atomic E-state index is 5.38. The van der Waals surface area contributed by atoms with Crippen molar-refractivity contribution < 1.29 is 0 Å². The van der Waals surface area contributed by atoms with Gasteiger partial charge in [0.2, 0.25) is 0 Å². The Labute approximate surface area is 284 Å². The van der Waals surface area contributed by atoms with Crippen LogP contribution >= 0.6 is 0 Å². The van der Waals surface area contributed by atoms with Crippen LogP contribution < -0.4 is 0 Å². The van der Waals surface area contributed by atoms with E-state index in [0.717, 1.165) is 23.3 Å². The van der Waals surface area contributed by atoms with Gasteiger partial charge in [0.1, 0.15) is 0 Å². The highest BCUT2D eigenvalue weighted by molar-refractivity contribution is 6.17. The van der Waals surface area contributed by atoms with Crippen LogP contribution in [0.25, 0.3) is 39.0 Å². The summed E-state index contributed by atoms with van der Waals surface area (Å²) in [5, 5.41) is 0. The highest BCUT2D eigenvalue weighted by atomic mass is 14.8. The smallest absolute Gasteiger partial charge is 0.0967 e. The second kappa shape index (κ2) is 11.9. The lowest BCUT2D eigenvalue weighted by atomic mass is 9.79. The number of allylic oxidation sites excluding steroid dienone is 2. The highest BCUT2D eigenvalue weighted by Gasteiger charge is 2.37. The molecule has 1 unspecified atom stereocenters. The molecule has 0 saturated heterocycles. The molecule has 0 amide bonds. The first kappa shape index (κ1) is 29.8. The number of fused-ring (bicyclic) bond motifs is 3. The third-order valence-electron chi connectivity index (χ3n) is 10.3. The van der Waals surface area contributed by atoms with Gasteiger partial charge in [0.25, 0.3) is 0 Å². The molecule has 0 spiro atoms. The van der Waals surface area contributed by atoms with E-state index in [1.165, 1.54) is 66.8 Å². The summed E-state index contributed by atoms with van der Waals surface area (Å²) < 4.78 is 0. The SMILES string of the molecule is C=C1CC(c2cccc(-c3ccc(-c4cccc5c4C(C)(C)c4ccccc4-5)cc3)c2)=C(C)C(c2ccccc2)=NC1c1ccccc1. The molecule has 0 N–H and O–H groups in total. The first-order valence-corrected chi connectivity index (χ1v) is 16.9. The van der Waals surface area contributed by atoms with E-state index in [2.05, 4.69) is 179 Å². The molecule has 232 valence electrons. The van der Waals surface area contributed by atoms with Crippen molar-refractivity contribution in [3.8, 4) is 33.4 Å². The van der Waals surface area contributed by atoms with E-state index in [0.29, 0.717) is 0 Å². The molecule has 2 aliphatic rings. The summed E-state index contributed by atoms with van der Waals surface area (Å²) in [5.74, 6) is 0. The Bertz CT molecular complexity index is 2230. The van der Waals surface area contributed by atoms with Crippen molar-refractivity contribution in [2.24, 2.45) is 4.99 Å². The predicted molar refractivity (Wildman–Crippen MR) is 203 cm³/mol. The molecule has 1 heterocycles. The van der Waals surface area contributed by atoms with Crippen molar-refractivity contribution in [1.29, 1.82) is 0 Å². The fraction of sp³-hybridized carbons (Fsp3) is 0.128. The van der Waals surface area contributed by atoms with Crippen molar-refractivity contribution in [1.82, 2.24) is 0 Å². The van der Waals surface area contributed by atoms with Crippen LogP contribution in [0.2, 0.25) is 0 Å². The lowest BCUT2D eigenvalue weighted by Gasteiger charge is -2.24. The van der Waals surface area contributed by atoms with Gasteiger partial charge in [-0.25, -0.2) is 0 Å². The number of hydrogen-bond donors (Lipinski definition) is 0. The first-order chi connectivity index (χ1) is 23.4. The van der Waals surface area contributed by atoms with E-state index in [1.54, 1.807) is 0 Å². The zero-order valence-corrected chi connectivity index (χ0v) is 27.9. The van der Waals surface area contributed by atoms with E-state index in [-0.39, 0.29) is 11.5 Å². The molecule has 0 aromatic heterocycles. The zero-order valence-electron chi connectivity index (χ0n) is 27.9. The average Bonchev–Trinajstić information content (AvgIpc) is 3.28. The molecule has 1 aliphatic heterocycles. The fourth-order valence-corrected chi connectivity index (χ4v) is 7.88. The molecular formula is C47H39N. The highest BCUT2D eigenvalue weighted by Crippen LogP contribution is 2.52. The molecular weight excluding hydrogens is 579 g/mol.